The smallest absolute Gasteiger partial charge is 0.228 e. The summed E-state index contributed by atoms with van der Waals surface area (Å²) in [5, 5.41) is 0. The van der Waals surface area contributed by atoms with Crippen LogP contribution in [-0.2, 0) is 10.2 Å². The number of amides is 1. The number of nitrogen functional groups attached to an aromatic ring is 1. The zero-order valence-electron chi connectivity index (χ0n) is 11.0. The highest BCUT2D eigenvalue weighted by molar-refractivity contribution is 5.88. The first-order chi connectivity index (χ1) is 9.62. The highest BCUT2D eigenvalue weighted by Gasteiger charge is 2.44. The van der Waals surface area contributed by atoms with Gasteiger partial charge in [0.2, 0.25) is 11.9 Å². The molecule has 1 amide bonds. The van der Waals surface area contributed by atoms with Crippen molar-refractivity contribution in [2.75, 3.05) is 5.73 Å². The van der Waals surface area contributed by atoms with E-state index in [1.807, 2.05) is 24.3 Å². The van der Waals surface area contributed by atoms with Gasteiger partial charge >= 0.3 is 0 Å². The predicted molar refractivity (Wildman–Crippen MR) is 76.6 cm³/mol. The van der Waals surface area contributed by atoms with Crippen LogP contribution in [0.4, 0.5) is 5.95 Å². The summed E-state index contributed by atoms with van der Waals surface area (Å²) in [7, 11) is 0. The largest absolute Gasteiger partial charge is 0.369 e. The van der Waals surface area contributed by atoms with E-state index in [2.05, 4.69) is 9.97 Å². The van der Waals surface area contributed by atoms with Crippen LogP contribution in [0.5, 0.6) is 0 Å². The molecule has 3 rings (SSSR count). The maximum atomic E-state index is 11.7. The van der Waals surface area contributed by atoms with Crippen LogP contribution in [0.3, 0.4) is 0 Å². The Hall–Kier alpha value is -2.43. The molecule has 0 saturated heterocycles. The number of aromatic nitrogens is 2. The molecule has 0 spiro atoms. The zero-order chi connectivity index (χ0) is 14.2. The minimum absolute atomic E-state index is 0.229. The molecular weight excluding hydrogens is 252 g/mol. The van der Waals surface area contributed by atoms with E-state index in [0.717, 1.165) is 36.0 Å². The maximum Gasteiger partial charge on any atom is 0.228 e. The molecule has 1 aliphatic carbocycles. The van der Waals surface area contributed by atoms with E-state index in [4.69, 9.17) is 11.5 Å². The van der Waals surface area contributed by atoms with Gasteiger partial charge in [0, 0.05) is 18.0 Å². The van der Waals surface area contributed by atoms with E-state index in [-0.39, 0.29) is 11.9 Å². The fraction of sp³-hybridized carbons (Fsp3) is 0.267. The Morgan fingerprint density at radius 1 is 1.05 bits per heavy atom. The number of hydrogen-bond acceptors (Lipinski definition) is 4. The second-order valence-corrected chi connectivity index (χ2v) is 5.21. The summed E-state index contributed by atoms with van der Waals surface area (Å²) in [6, 6.07) is 7.87. The van der Waals surface area contributed by atoms with Gasteiger partial charge in [-0.25, -0.2) is 9.97 Å². The summed E-state index contributed by atoms with van der Waals surface area (Å²) < 4.78 is 0. The predicted octanol–water partition coefficient (Wildman–Crippen LogP) is 1.63. The minimum Gasteiger partial charge on any atom is -0.369 e. The highest BCUT2D eigenvalue weighted by Crippen LogP contribution is 2.43. The van der Waals surface area contributed by atoms with E-state index >= 15 is 0 Å². The third-order valence-electron chi connectivity index (χ3n) is 4.12. The van der Waals surface area contributed by atoms with Crippen molar-refractivity contribution >= 4 is 11.9 Å². The molecule has 1 fully saturated rings. The lowest BCUT2D eigenvalue weighted by Crippen LogP contribution is -2.46. The summed E-state index contributed by atoms with van der Waals surface area (Å²) in [5.74, 6) is 0.0276. The lowest BCUT2D eigenvalue weighted by molar-refractivity contribution is -0.126. The number of nitrogens with two attached hydrogens (primary N) is 2. The summed E-state index contributed by atoms with van der Waals surface area (Å²) in [6.45, 7) is 0. The fourth-order valence-electron chi connectivity index (χ4n) is 2.68. The van der Waals surface area contributed by atoms with Gasteiger partial charge in [-0.3, -0.25) is 4.79 Å². The summed E-state index contributed by atoms with van der Waals surface area (Å²) in [5.41, 5.74) is 13.5. The average molecular weight is 268 g/mol. The number of rotatable bonds is 3. The number of nitrogens with zero attached hydrogens (tertiary/aromatic N) is 2. The Kier molecular flexibility index (Phi) is 2.89. The molecule has 20 heavy (non-hydrogen) atoms. The molecule has 1 aliphatic rings. The number of carbonyl (C=O) groups excluding carboxylic acids is 1. The molecule has 0 unspecified atom stereocenters. The number of anilines is 1. The third-order valence-corrected chi connectivity index (χ3v) is 4.12. The molecule has 0 bridgehead atoms. The monoisotopic (exact) mass is 268 g/mol. The van der Waals surface area contributed by atoms with Crippen LogP contribution in [0, 0.1) is 0 Å². The quantitative estimate of drug-likeness (QED) is 0.884. The molecule has 102 valence electrons. The molecule has 2 aromatic rings. The number of hydrogen-bond donors (Lipinski definition) is 2. The van der Waals surface area contributed by atoms with E-state index in [1.54, 1.807) is 12.4 Å². The number of carbonyl (C=O) groups is 1. The standard InChI is InChI=1S/C15H16N4O/c16-13(20)15(6-1-7-15)12-4-2-10(3-5-12)11-8-18-14(17)19-9-11/h2-5,8-9H,1,6-7H2,(H2,16,20)(H2,17,18,19). The Balaban J connectivity index is 1.92. The molecule has 0 atom stereocenters. The molecule has 1 aromatic carbocycles. The molecule has 1 saturated carbocycles. The molecule has 1 heterocycles. The van der Waals surface area contributed by atoms with Crippen molar-refractivity contribution in [3.05, 3.63) is 42.2 Å². The second kappa shape index (κ2) is 4.59. The lowest BCUT2D eigenvalue weighted by atomic mass is 9.64. The Morgan fingerprint density at radius 2 is 1.65 bits per heavy atom. The summed E-state index contributed by atoms with van der Waals surface area (Å²) >= 11 is 0. The van der Waals surface area contributed by atoms with Crippen LogP contribution in [0.2, 0.25) is 0 Å². The van der Waals surface area contributed by atoms with E-state index in [0.29, 0.717) is 0 Å². The van der Waals surface area contributed by atoms with Gasteiger partial charge in [0.05, 0.1) is 5.41 Å². The molecule has 0 radical (unpaired) electrons. The molecule has 5 nitrogen and oxygen atoms in total. The maximum absolute atomic E-state index is 11.7. The Morgan fingerprint density at radius 3 is 2.10 bits per heavy atom. The first-order valence-corrected chi connectivity index (χ1v) is 6.60. The zero-order valence-corrected chi connectivity index (χ0v) is 11.0. The average Bonchev–Trinajstić information content (AvgIpc) is 2.39. The summed E-state index contributed by atoms with van der Waals surface area (Å²) in [6.07, 6.45) is 6.10. The van der Waals surface area contributed by atoms with Gasteiger partial charge in [-0.05, 0) is 24.0 Å². The van der Waals surface area contributed by atoms with Crippen molar-refractivity contribution in [1.29, 1.82) is 0 Å². The normalized spacial score (nSPS) is 16.4. The van der Waals surface area contributed by atoms with Gasteiger partial charge in [0.25, 0.3) is 0 Å². The molecule has 0 aliphatic heterocycles. The van der Waals surface area contributed by atoms with Crippen LogP contribution in [0.15, 0.2) is 36.7 Å². The Labute approximate surface area is 117 Å². The first kappa shape index (κ1) is 12.6. The van der Waals surface area contributed by atoms with Gasteiger partial charge in [0.15, 0.2) is 0 Å². The fourth-order valence-corrected chi connectivity index (χ4v) is 2.68. The molecule has 1 aromatic heterocycles. The van der Waals surface area contributed by atoms with E-state index in [1.165, 1.54) is 0 Å². The molecule has 5 heteroatoms. The minimum atomic E-state index is -0.462. The first-order valence-electron chi connectivity index (χ1n) is 6.60. The topological polar surface area (TPSA) is 94.9 Å². The van der Waals surface area contributed by atoms with Crippen molar-refractivity contribution < 1.29 is 4.79 Å². The number of benzene rings is 1. The van der Waals surface area contributed by atoms with Gasteiger partial charge in [-0.15, -0.1) is 0 Å². The van der Waals surface area contributed by atoms with Crippen LogP contribution in [0.25, 0.3) is 11.1 Å². The van der Waals surface area contributed by atoms with Crippen LogP contribution >= 0.6 is 0 Å². The highest BCUT2D eigenvalue weighted by atomic mass is 16.1. The van der Waals surface area contributed by atoms with Gasteiger partial charge in [-0.2, -0.15) is 0 Å². The van der Waals surface area contributed by atoms with Crippen LogP contribution < -0.4 is 11.5 Å². The lowest BCUT2D eigenvalue weighted by Gasteiger charge is -2.39. The summed E-state index contributed by atoms with van der Waals surface area (Å²) in [4.78, 5) is 19.6. The van der Waals surface area contributed by atoms with E-state index in [9.17, 15) is 4.79 Å². The van der Waals surface area contributed by atoms with Crippen LogP contribution in [0.1, 0.15) is 24.8 Å². The third kappa shape index (κ3) is 1.91. The van der Waals surface area contributed by atoms with Gasteiger partial charge < -0.3 is 11.5 Å². The number of primary amides is 1. The van der Waals surface area contributed by atoms with Crippen molar-refractivity contribution in [1.82, 2.24) is 9.97 Å². The van der Waals surface area contributed by atoms with Crippen molar-refractivity contribution in [3.63, 3.8) is 0 Å². The van der Waals surface area contributed by atoms with Crippen molar-refractivity contribution in [2.24, 2.45) is 5.73 Å². The molecular formula is C15H16N4O. The second-order valence-electron chi connectivity index (χ2n) is 5.21. The Bertz CT molecular complexity index is 630. The molecule has 4 N–H and O–H groups in total. The van der Waals surface area contributed by atoms with Crippen molar-refractivity contribution in [3.8, 4) is 11.1 Å². The van der Waals surface area contributed by atoms with Crippen LogP contribution in [-0.4, -0.2) is 15.9 Å². The van der Waals surface area contributed by atoms with Gasteiger partial charge in [-0.1, -0.05) is 30.7 Å². The van der Waals surface area contributed by atoms with Gasteiger partial charge in [0.1, 0.15) is 0 Å². The SMILES string of the molecule is NC(=O)C1(c2ccc(-c3cnc(N)nc3)cc2)CCC1. The van der Waals surface area contributed by atoms with Crippen molar-refractivity contribution in [2.45, 2.75) is 24.7 Å². The van der Waals surface area contributed by atoms with E-state index < -0.39 is 5.41 Å².